The van der Waals surface area contributed by atoms with E-state index in [-0.39, 0.29) is 0 Å². The minimum Gasteiger partial charge on any atom is -0.326 e. The van der Waals surface area contributed by atoms with Crippen molar-refractivity contribution in [2.75, 3.05) is 0 Å². The van der Waals surface area contributed by atoms with Crippen LogP contribution in [0.3, 0.4) is 0 Å². The standard InChI is InChI=1S/C17H15NS/c18-12-15-7-3-4-8-17(15)19-16-10-9-13-5-1-2-6-14(13)11-16/h1-11H,12,18H2. The molecule has 0 fully saturated rings. The van der Waals surface area contributed by atoms with Gasteiger partial charge in [0.25, 0.3) is 0 Å². The van der Waals surface area contributed by atoms with Gasteiger partial charge in [-0.15, -0.1) is 0 Å². The van der Waals surface area contributed by atoms with Crippen LogP contribution in [0.1, 0.15) is 5.56 Å². The van der Waals surface area contributed by atoms with Crippen LogP contribution in [0.25, 0.3) is 10.8 Å². The topological polar surface area (TPSA) is 26.0 Å². The average molecular weight is 265 g/mol. The molecule has 0 spiro atoms. The third-order valence-corrected chi connectivity index (χ3v) is 4.25. The summed E-state index contributed by atoms with van der Waals surface area (Å²) in [4.78, 5) is 2.49. The summed E-state index contributed by atoms with van der Waals surface area (Å²) in [6.45, 7) is 0.580. The van der Waals surface area contributed by atoms with E-state index in [0.29, 0.717) is 6.54 Å². The van der Waals surface area contributed by atoms with Gasteiger partial charge in [-0.25, -0.2) is 0 Å². The summed E-state index contributed by atoms with van der Waals surface area (Å²) in [6.07, 6.45) is 0. The van der Waals surface area contributed by atoms with Gasteiger partial charge in [0.15, 0.2) is 0 Å². The molecular weight excluding hydrogens is 250 g/mol. The maximum Gasteiger partial charge on any atom is 0.0189 e. The molecule has 0 radical (unpaired) electrons. The molecule has 19 heavy (non-hydrogen) atoms. The Balaban J connectivity index is 1.96. The molecule has 2 heteroatoms. The monoisotopic (exact) mass is 265 g/mol. The molecule has 3 rings (SSSR count). The Morgan fingerprint density at radius 1 is 0.789 bits per heavy atom. The van der Waals surface area contributed by atoms with Gasteiger partial charge in [0.1, 0.15) is 0 Å². The summed E-state index contributed by atoms with van der Waals surface area (Å²) in [6, 6.07) is 23.3. The molecule has 0 bridgehead atoms. The first-order chi connectivity index (χ1) is 9.36. The summed E-state index contributed by atoms with van der Waals surface area (Å²) in [7, 11) is 0. The van der Waals surface area contributed by atoms with Gasteiger partial charge in [0.2, 0.25) is 0 Å². The largest absolute Gasteiger partial charge is 0.326 e. The zero-order valence-electron chi connectivity index (χ0n) is 10.5. The first-order valence-corrected chi connectivity index (χ1v) is 7.13. The van der Waals surface area contributed by atoms with Gasteiger partial charge in [0.05, 0.1) is 0 Å². The lowest BCUT2D eigenvalue weighted by Crippen LogP contribution is -1.97. The van der Waals surface area contributed by atoms with Crippen molar-refractivity contribution in [3.05, 3.63) is 72.3 Å². The Kier molecular flexibility index (Phi) is 3.53. The zero-order valence-corrected chi connectivity index (χ0v) is 11.4. The summed E-state index contributed by atoms with van der Waals surface area (Å²) in [5.74, 6) is 0. The van der Waals surface area contributed by atoms with E-state index < -0.39 is 0 Å². The van der Waals surface area contributed by atoms with Gasteiger partial charge in [0, 0.05) is 16.3 Å². The molecular formula is C17H15NS. The molecule has 0 heterocycles. The number of nitrogens with two attached hydrogens (primary N) is 1. The summed E-state index contributed by atoms with van der Waals surface area (Å²) in [5.41, 5.74) is 6.98. The van der Waals surface area contributed by atoms with Crippen molar-refractivity contribution in [1.29, 1.82) is 0 Å². The van der Waals surface area contributed by atoms with Crippen LogP contribution in [0.15, 0.2) is 76.5 Å². The van der Waals surface area contributed by atoms with Crippen molar-refractivity contribution >= 4 is 22.5 Å². The number of rotatable bonds is 3. The first-order valence-electron chi connectivity index (χ1n) is 6.31. The Morgan fingerprint density at radius 2 is 1.53 bits per heavy atom. The fraction of sp³-hybridized carbons (Fsp3) is 0.0588. The Hall–Kier alpha value is -1.77. The Bertz CT molecular complexity index is 706. The molecule has 94 valence electrons. The molecule has 0 aliphatic rings. The van der Waals surface area contributed by atoms with Crippen LogP contribution >= 0.6 is 11.8 Å². The van der Waals surface area contributed by atoms with Gasteiger partial charge in [-0.1, -0.05) is 60.3 Å². The lowest BCUT2D eigenvalue weighted by Gasteiger charge is -2.08. The molecule has 3 aromatic carbocycles. The van der Waals surface area contributed by atoms with E-state index in [1.54, 1.807) is 11.8 Å². The van der Waals surface area contributed by atoms with E-state index in [0.717, 1.165) is 0 Å². The summed E-state index contributed by atoms with van der Waals surface area (Å²) in [5, 5.41) is 2.55. The quantitative estimate of drug-likeness (QED) is 0.757. The van der Waals surface area contributed by atoms with E-state index in [2.05, 4.69) is 60.7 Å². The van der Waals surface area contributed by atoms with Crippen molar-refractivity contribution in [3.8, 4) is 0 Å². The minimum atomic E-state index is 0.580. The highest BCUT2D eigenvalue weighted by molar-refractivity contribution is 7.99. The van der Waals surface area contributed by atoms with Crippen LogP contribution in [0.2, 0.25) is 0 Å². The van der Waals surface area contributed by atoms with Crippen LogP contribution in [0.5, 0.6) is 0 Å². The van der Waals surface area contributed by atoms with Crippen molar-refractivity contribution < 1.29 is 0 Å². The molecule has 0 atom stereocenters. The molecule has 0 saturated carbocycles. The molecule has 2 N–H and O–H groups in total. The Labute approximate surface area is 117 Å². The maximum absolute atomic E-state index is 5.78. The van der Waals surface area contributed by atoms with Gasteiger partial charge in [-0.3, -0.25) is 0 Å². The van der Waals surface area contributed by atoms with Crippen molar-refractivity contribution in [1.82, 2.24) is 0 Å². The molecule has 1 nitrogen and oxygen atoms in total. The van der Waals surface area contributed by atoms with E-state index in [1.807, 2.05) is 6.07 Å². The van der Waals surface area contributed by atoms with Crippen molar-refractivity contribution in [3.63, 3.8) is 0 Å². The minimum absolute atomic E-state index is 0.580. The molecule has 0 unspecified atom stereocenters. The van der Waals surface area contributed by atoms with Crippen LogP contribution < -0.4 is 5.73 Å². The molecule has 0 saturated heterocycles. The normalized spacial score (nSPS) is 10.8. The second-order valence-electron chi connectivity index (χ2n) is 4.42. The van der Waals surface area contributed by atoms with Crippen molar-refractivity contribution in [2.45, 2.75) is 16.3 Å². The second-order valence-corrected chi connectivity index (χ2v) is 5.54. The van der Waals surface area contributed by atoms with Crippen LogP contribution in [0.4, 0.5) is 0 Å². The van der Waals surface area contributed by atoms with E-state index in [4.69, 9.17) is 5.73 Å². The third kappa shape index (κ3) is 2.65. The van der Waals surface area contributed by atoms with Crippen LogP contribution in [-0.2, 0) is 6.54 Å². The molecule has 0 aliphatic carbocycles. The van der Waals surface area contributed by atoms with Gasteiger partial charge < -0.3 is 5.73 Å². The molecule has 0 aliphatic heterocycles. The van der Waals surface area contributed by atoms with E-state index in [9.17, 15) is 0 Å². The molecule has 3 aromatic rings. The average Bonchev–Trinajstić information content (AvgIpc) is 2.48. The number of benzene rings is 3. The lowest BCUT2D eigenvalue weighted by molar-refractivity contribution is 1.03. The van der Waals surface area contributed by atoms with E-state index in [1.165, 1.54) is 26.1 Å². The smallest absolute Gasteiger partial charge is 0.0189 e. The summed E-state index contributed by atoms with van der Waals surface area (Å²) < 4.78 is 0. The first kappa shape index (κ1) is 12.3. The second kappa shape index (κ2) is 5.47. The number of hydrogen-bond acceptors (Lipinski definition) is 2. The van der Waals surface area contributed by atoms with Crippen molar-refractivity contribution in [2.24, 2.45) is 5.73 Å². The number of hydrogen-bond donors (Lipinski definition) is 1. The highest BCUT2D eigenvalue weighted by Gasteiger charge is 2.03. The molecule has 0 aromatic heterocycles. The predicted octanol–water partition coefficient (Wildman–Crippen LogP) is 4.45. The fourth-order valence-corrected chi connectivity index (χ4v) is 3.13. The lowest BCUT2D eigenvalue weighted by atomic mass is 10.1. The van der Waals surface area contributed by atoms with Gasteiger partial charge in [-0.2, -0.15) is 0 Å². The van der Waals surface area contributed by atoms with E-state index >= 15 is 0 Å². The predicted molar refractivity (Wildman–Crippen MR) is 82.4 cm³/mol. The maximum atomic E-state index is 5.78. The van der Waals surface area contributed by atoms with Crippen LogP contribution in [-0.4, -0.2) is 0 Å². The summed E-state index contributed by atoms with van der Waals surface area (Å²) >= 11 is 1.77. The Morgan fingerprint density at radius 3 is 2.37 bits per heavy atom. The van der Waals surface area contributed by atoms with Gasteiger partial charge in [-0.05, 0) is 34.5 Å². The highest BCUT2D eigenvalue weighted by atomic mass is 32.2. The fourth-order valence-electron chi connectivity index (χ4n) is 2.13. The number of fused-ring (bicyclic) bond motifs is 1. The third-order valence-electron chi connectivity index (χ3n) is 3.14. The van der Waals surface area contributed by atoms with Gasteiger partial charge >= 0.3 is 0 Å². The SMILES string of the molecule is NCc1ccccc1Sc1ccc2ccccc2c1. The zero-order chi connectivity index (χ0) is 13.1. The highest BCUT2D eigenvalue weighted by Crippen LogP contribution is 2.32. The van der Waals surface area contributed by atoms with Crippen LogP contribution in [0, 0.1) is 0 Å². The molecule has 0 amide bonds.